The van der Waals surface area contributed by atoms with Crippen molar-refractivity contribution in [1.82, 2.24) is 14.8 Å². The molecule has 0 bridgehead atoms. The van der Waals surface area contributed by atoms with Gasteiger partial charge in [-0.05, 0) is 54.7 Å². The van der Waals surface area contributed by atoms with Crippen LogP contribution in [0.5, 0.6) is 0 Å². The van der Waals surface area contributed by atoms with Crippen LogP contribution >= 0.6 is 0 Å². The lowest BCUT2D eigenvalue weighted by atomic mass is 9.79. The number of nitrogens with zero attached hydrogens (tertiary/aromatic N) is 2. The predicted octanol–water partition coefficient (Wildman–Crippen LogP) is 5.67. The Kier molecular flexibility index (Phi) is 6.22. The van der Waals surface area contributed by atoms with Gasteiger partial charge in [0.1, 0.15) is 0 Å². The first-order valence-electron chi connectivity index (χ1n) is 13.2. The molecule has 1 aromatic heterocycles. The highest BCUT2D eigenvalue weighted by Crippen LogP contribution is 2.44. The summed E-state index contributed by atoms with van der Waals surface area (Å²) in [6, 6.07) is 26.6. The first-order valence-corrected chi connectivity index (χ1v) is 13.2. The maximum absolute atomic E-state index is 13.2. The number of hydrogen-bond acceptors (Lipinski definition) is 3. The second-order valence-electron chi connectivity index (χ2n) is 10.5. The molecular weight excluding hydrogens is 460 g/mol. The van der Waals surface area contributed by atoms with Gasteiger partial charge in [0.15, 0.2) is 0 Å². The molecule has 6 rings (SSSR count). The fourth-order valence-electron chi connectivity index (χ4n) is 6.42. The lowest BCUT2D eigenvalue weighted by molar-refractivity contribution is -0.0177. The predicted molar refractivity (Wildman–Crippen MR) is 149 cm³/mol. The molecule has 2 amide bonds. The average Bonchev–Trinajstić information content (AvgIpc) is 3.32. The number of aliphatic hydroxyl groups is 1. The molecule has 0 spiro atoms. The lowest BCUT2D eigenvalue weighted by Crippen LogP contribution is -2.57. The number of benzene rings is 3. The monoisotopic (exact) mass is 494 g/mol. The minimum absolute atomic E-state index is 0.0198. The molecule has 6 nitrogen and oxygen atoms in total. The number of urea groups is 1. The fraction of sp³-hybridized carbons (Fsp3) is 0.323. The summed E-state index contributed by atoms with van der Waals surface area (Å²) in [5.41, 5.74) is 7.08. The van der Waals surface area contributed by atoms with Gasteiger partial charge in [-0.25, -0.2) is 4.79 Å². The molecule has 3 aromatic carbocycles. The van der Waals surface area contributed by atoms with Crippen LogP contribution in [0, 0.1) is 5.92 Å². The van der Waals surface area contributed by atoms with Crippen molar-refractivity contribution in [3.63, 3.8) is 0 Å². The third kappa shape index (κ3) is 4.30. The summed E-state index contributed by atoms with van der Waals surface area (Å²) in [6.45, 7) is 3.56. The number of piperidine rings is 1. The van der Waals surface area contributed by atoms with E-state index in [1.165, 1.54) is 27.8 Å². The largest absolute Gasteiger partial charge is 0.393 e. The van der Waals surface area contributed by atoms with E-state index >= 15 is 0 Å². The molecule has 4 atom stereocenters. The number of anilines is 1. The van der Waals surface area contributed by atoms with Crippen LogP contribution in [0.25, 0.3) is 22.0 Å². The number of aromatic nitrogens is 1. The molecule has 4 aromatic rings. The molecule has 0 radical (unpaired) electrons. The van der Waals surface area contributed by atoms with Crippen molar-refractivity contribution in [2.75, 3.05) is 25.5 Å². The maximum Gasteiger partial charge on any atom is 0.321 e. The number of H-pyrrole nitrogens is 1. The zero-order chi connectivity index (χ0) is 25.5. The Morgan fingerprint density at radius 2 is 1.78 bits per heavy atom. The molecule has 37 heavy (non-hydrogen) atoms. The molecule has 2 aliphatic heterocycles. The molecule has 2 aliphatic rings. The van der Waals surface area contributed by atoms with Crippen LogP contribution in [0.15, 0.2) is 78.9 Å². The number of carbonyl (C=O) groups is 1. The second kappa shape index (κ2) is 9.69. The molecule has 1 saturated heterocycles. The summed E-state index contributed by atoms with van der Waals surface area (Å²) in [5, 5.41) is 15.1. The van der Waals surface area contributed by atoms with Crippen molar-refractivity contribution < 1.29 is 9.90 Å². The highest BCUT2D eigenvalue weighted by atomic mass is 16.3. The van der Waals surface area contributed by atoms with E-state index in [0.29, 0.717) is 0 Å². The Balaban J connectivity index is 1.34. The van der Waals surface area contributed by atoms with Gasteiger partial charge in [-0.3, -0.25) is 4.90 Å². The molecular formula is C31H34N4O2. The van der Waals surface area contributed by atoms with Crippen molar-refractivity contribution in [2.24, 2.45) is 5.92 Å². The van der Waals surface area contributed by atoms with Crippen molar-refractivity contribution in [3.8, 4) is 11.1 Å². The number of amides is 2. The maximum atomic E-state index is 13.2. The Bertz CT molecular complexity index is 1400. The smallest absolute Gasteiger partial charge is 0.321 e. The summed E-state index contributed by atoms with van der Waals surface area (Å²) in [6.07, 6.45) is 1.23. The normalized spacial score (nSPS) is 22.2. The van der Waals surface area contributed by atoms with E-state index in [4.69, 9.17) is 0 Å². The van der Waals surface area contributed by atoms with Crippen molar-refractivity contribution in [3.05, 3.63) is 90.1 Å². The van der Waals surface area contributed by atoms with E-state index < -0.39 is 6.10 Å². The van der Waals surface area contributed by atoms with Gasteiger partial charge >= 0.3 is 6.03 Å². The first kappa shape index (κ1) is 23.8. The SMILES string of the molecule is C[C@H](O)[C@@H]1CN2CCc3c([nH]c4cccc(-c5ccccc5)c34)[C@@H]2C[C@@H]1N(C)C(=O)Nc1ccccc1. The molecule has 0 unspecified atom stereocenters. The van der Waals surface area contributed by atoms with Crippen LogP contribution in [0.4, 0.5) is 10.5 Å². The fourth-order valence-corrected chi connectivity index (χ4v) is 6.42. The highest BCUT2D eigenvalue weighted by Gasteiger charge is 2.44. The summed E-state index contributed by atoms with van der Waals surface area (Å²) >= 11 is 0. The van der Waals surface area contributed by atoms with Gasteiger partial charge in [-0.15, -0.1) is 0 Å². The van der Waals surface area contributed by atoms with Gasteiger partial charge < -0.3 is 20.3 Å². The first-order chi connectivity index (χ1) is 18.0. The van der Waals surface area contributed by atoms with Gasteiger partial charge in [0.25, 0.3) is 0 Å². The Morgan fingerprint density at radius 1 is 1.05 bits per heavy atom. The van der Waals surface area contributed by atoms with E-state index in [0.717, 1.165) is 37.1 Å². The number of hydrogen-bond donors (Lipinski definition) is 3. The van der Waals surface area contributed by atoms with Crippen LogP contribution < -0.4 is 5.32 Å². The number of aromatic amines is 1. The van der Waals surface area contributed by atoms with Gasteiger partial charge in [0.05, 0.1) is 12.1 Å². The minimum atomic E-state index is -0.508. The zero-order valence-corrected chi connectivity index (χ0v) is 21.4. The van der Waals surface area contributed by atoms with Gasteiger partial charge in [-0.2, -0.15) is 0 Å². The number of rotatable bonds is 4. The third-order valence-electron chi connectivity index (χ3n) is 8.34. The molecule has 3 N–H and O–H groups in total. The number of fused-ring (bicyclic) bond motifs is 5. The van der Waals surface area contributed by atoms with Gasteiger partial charge in [0, 0.05) is 54.4 Å². The van der Waals surface area contributed by atoms with Crippen molar-refractivity contribution in [1.29, 1.82) is 0 Å². The summed E-state index contributed by atoms with van der Waals surface area (Å²) in [4.78, 5) is 21.3. The number of carbonyl (C=O) groups excluding carboxylic acids is 1. The van der Waals surface area contributed by atoms with Crippen LogP contribution in [-0.4, -0.2) is 58.2 Å². The van der Waals surface area contributed by atoms with Crippen LogP contribution in [0.3, 0.4) is 0 Å². The standard InChI is InChI=1S/C31H34N4O2/c1-20(36)25-19-35-17-16-24-29-23(21-10-5-3-6-11-21)14-9-15-26(29)33-30(24)28(35)18-27(25)34(2)31(37)32-22-12-7-4-8-13-22/h3-15,20,25,27-28,33,36H,16-19H2,1-2H3,(H,32,37)/t20-,25-,27-,28-/m0/s1. The zero-order valence-electron chi connectivity index (χ0n) is 21.4. The van der Waals surface area contributed by atoms with E-state index in [9.17, 15) is 9.90 Å². The Hall–Kier alpha value is -3.61. The van der Waals surface area contributed by atoms with E-state index in [-0.39, 0.29) is 24.0 Å². The average molecular weight is 495 g/mol. The van der Waals surface area contributed by atoms with E-state index in [1.807, 2.05) is 44.3 Å². The summed E-state index contributed by atoms with van der Waals surface area (Å²) in [5.74, 6) is -0.0198. The summed E-state index contributed by atoms with van der Waals surface area (Å²) < 4.78 is 0. The quantitative estimate of drug-likeness (QED) is 0.342. The Morgan fingerprint density at radius 3 is 2.51 bits per heavy atom. The molecule has 3 heterocycles. The van der Waals surface area contributed by atoms with Crippen molar-refractivity contribution >= 4 is 22.6 Å². The van der Waals surface area contributed by atoms with Crippen LogP contribution in [0.2, 0.25) is 0 Å². The summed E-state index contributed by atoms with van der Waals surface area (Å²) in [7, 11) is 1.86. The van der Waals surface area contributed by atoms with E-state index in [1.54, 1.807) is 4.90 Å². The van der Waals surface area contributed by atoms with Crippen LogP contribution in [0.1, 0.15) is 30.6 Å². The molecule has 0 aliphatic carbocycles. The van der Waals surface area contributed by atoms with Gasteiger partial charge in [-0.1, -0.05) is 60.7 Å². The van der Waals surface area contributed by atoms with E-state index in [2.05, 4.69) is 63.7 Å². The Labute approximate surface area is 217 Å². The topological polar surface area (TPSA) is 71.6 Å². The third-order valence-corrected chi connectivity index (χ3v) is 8.34. The van der Waals surface area contributed by atoms with Gasteiger partial charge in [0.2, 0.25) is 0 Å². The second-order valence-corrected chi connectivity index (χ2v) is 10.5. The van der Waals surface area contributed by atoms with Crippen LogP contribution in [-0.2, 0) is 6.42 Å². The molecule has 190 valence electrons. The number of nitrogens with one attached hydrogen (secondary N) is 2. The molecule has 6 heteroatoms. The van der Waals surface area contributed by atoms with Crippen molar-refractivity contribution in [2.45, 2.75) is 38.0 Å². The number of aliphatic hydroxyl groups excluding tert-OH is 1. The lowest BCUT2D eigenvalue weighted by Gasteiger charge is -2.49. The molecule has 0 saturated carbocycles. The number of para-hydroxylation sites is 1. The highest BCUT2D eigenvalue weighted by molar-refractivity contribution is 5.98. The minimum Gasteiger partial charge on any atom is -0.393 e. The molecule has 1 fully saturated rings.